The minimum absolute atomic E-state index is 0.0523. The van der Waals surface area contributed by atoms with E-state index in [0.29, 0.717) is 25.3 Å². The van der Waals surface area contributed by atoms with Gasteiger partial charge < -0.3 is 15.4 Å². The Balaban J connectivity index is 1.74. The lowest BCUT2D eigenvalue weighted by molar-refractivity contribution is -0.130. The number of carbonyl (C=O) groups excluding carboxylic acids is 1. The molecule has 1 aromatic heterocycles. The second-order valence-corrected chi connectivity index (χ2v) is 6.08. The number of hydrogen-bond acceptors (Lipinski definition) is 5. The van der Waals surface area contributed by atoms with E-state index < -0.39 is 0 Å². The van der Waals surface area contributed by atoms with E-state index in [9.17, 15) is 4.79 Å². The average molecular weight is 305 g/mol. The van der Waals surface area contributed by atoms with Crippen LogP contribution in [0.4, 0.5) is 5.69 Å². The van der Waals surface area contributed by atoms with Crippen LogP contribution in [0, 0.1) is 6.92 Å². The molecule has 0 atom stereocenters. The molecule has 0 aliphatic heterocycles. The first kappa shape index (κ1) is 15.3. The van der Waals surface area contributed by atoms with E-state index >= 15 is 0 Å². The number of ether oxygens (including phenoxy) is 1. The summed E-state index contributed by atoms with van der Waals surface area (Å²) in [6.07, 6.45) is 2.16. The summed E-state index contributed by atoms with van der Waals surface area (Å²) in [6.45, 7) is 2.90. The number of amides is 1. The van der Waals surface area contributed by atoms with Crippen LogP contribution in [0.15, 0.2) is 30.5 Å². The third kappa shape index (κ3) is 4.75. The van der Waals surface area contributed by atoms with Crippen molar-refractivity contribution in [3.8, 4) is 5.75 Å². The molecule has 1 heterocycles. The molecule has 6 heteroatoms. The highest BCUT2D eigenvalue weighted by Gasteiger charge is 2.10. The van der Waals surface area contributed by atoms with Crippen LogP contribution < -0.4 is 10.5 Å². The second-order valence-electron chi connectivity index (χ2n) is 4.76. The van der Waals surface area contributed by atoms with Gasteiger partial charge in [0.15, 0.2) is 0 Å². The minimum Gasteiger partial charge on any atom is -0.493 e. The third-order valence-electron chi connectivity index (χ3n) is 2.95. The fourth-order valence-corrected chi connectivity index (χ4v) is 2.66. The number of anilines is 1. The Morgan fingerprint density at radius 1 is 1.38 bits per heavy atom. The molecule has 2 N–H and O–H groups in total. The predicted octanol–water partition coefficient (Wildman–Crippen LogP) is 2.46. The van der Waals surface area contributed by atoms with Gasteiger partial charge in [-0.05, 0) is 31.2 Å². The van der Waals surface area contributed by atoms with Crippen LogP contribution in [-0.4, -0.2) is 29.4 Å². The number of thiazole rings is 1. The van der Waals surface area contributed by atoms with Crippen molar-refractivity contribution >= 4 is 22.9 Å². The molecule has 0 radical (unpaired) electrons. The van der Waals surface area contributed by atoms with Gasteiger partial charge in [-0.1, -0.05) is 0 Å². The molecule has 5 nitrogen and oxygen atoms in total. The van der Waals surface area contributed by atoms with Crippen molar-refractivity contribution < 1.29 is 9.53 Å². The summed E-state index contributed by atoms with van der Waals surface area (Å²) in [5, 5.41) is 1.01. The molecule has 1 aromatic carbocycles. The average Bonchev–Trinajstić information content (AvgIpc) is 2.86. The van der Waals surface area contributed by atoms with Crippen molar-refractivity contribution in [2.75, 3.05) is 19.4 Å². The first-order valence-corrected chi connectivity index (χ1v) is 7.50. The Morgan fingerprint density at radius 2 is 2.10 bits per heavy atom. The van der Waals surface area contributed by atoms with E-state index in [1.165, 1.54) is 0 Å². The monoisotopic (exact) mass is 305 g/mol. The highest BCUT2D eigenvalue weighted by molar-refractivity contribution is 7.11. The zero-order valence-electron chi connectivity index (χ0n) is 12.2. The second kappa shape index (κ2) is 7.08. The van der Waals surface area contributed by atoms with Crippen molar-refractivity contribution in [1.29, 1.82) is 0 Å². The SMILES string of the molecule is Cc1ncc(CN(C)C(=O)CCOc2ccc(N)cc2)s1. The van der Waals surface area contributed by atoms with Crippen molar-refractivity contribution in [2.24, 2.45) is 0 Å². The first-order chi connectivity index (χ1) is 10.0. The zero-order chi connectivity index (χ0) is 15.2. The lowest BCUT2D eigenvalue weighted by Gasteiger charge is -2.16. The third-order valence-corrected chi connectivity index (χ3v) is 3.85. The molecule has 0 aliphatic carbocycles. The molecular formula is C15H19N3O2S. The Morgan fingerprint density at radius 3 is 2.71 bits per heavy atom. The molecule has 112 valence electrons. The quantitative estimate of drug-likeness (QED) is 0.832. The van der Waals surface area contributed by atoms with Gasteiger partial charge in [0.25, 0.3) is 0 Å². The van der Waals surface area contributed by atoms with Crippen LogP contribution in [0.3, 0.4) is 0 Å². The van der Waals surface area contributed by atoms with E-state index in [1.807, 2.05) is 13.1 Å². The molecule has 1 amide bonds. The zero-order valence-corrected chi connectivity index (χ0v) is 13.0. The summed E-state index contributed by atoms with van der Waals surface area (Å²) in [5.41, 5.74) is 6.29. The normalized spacial score (nSPS) is 10.4. The fourth-order valence-electron chi connectivity index (χ4n) is 1.81. The number of aryl methyl sites for hydroxylation is 1. The van der Waals surface area contributed by atoms with E-state index in [0.717, 1.165) is 15.6 Å². The van der Waals surface area contributed by atoms with Gasteiger partial charge in [-0.25, -0.2) is 4.98 Å². The number of nitrogens with two attached hydrogens (primary N) is 1. The van der Waals surface area contributed by atoms with Crippen LogP contribution in [0.2, 0.25) is 0 Å². The summed E-state index contributed by atoms with van der Waals surface area (Å²) >= 11 is 1.61. The lowest BCUT2D eigenvalue weighted by atomic mass is 10.3. The Kier molecular flexibility index (Phi) is 5.16. The predicted molar refractivity (Wildman–Crippen MR) is 84.3 cm³/mol. The molecule has 2 rings (SSSR count). The number of carbonyl (C=O) groups is 1. The molecule has 0 fully saturated rings. The Hall–Kier alpha value is -2.08. The van der Waals surface area contributed by atoms with Crippen LogP contribution in [-0.2, 0) is 11.3 Å². The highest BCUT2D eigenvalue weighted by Crippen LogP contribution is 2.15. The molecular weight excluding hydrogens is 286 g/mol. The minimum atomic E-state index is 0.0523. The van der Waals surface area contributed by atoms with Crippen molar-refractivity contribution in [3.63, 3.8) is 0 Å². The van der Waals surface area contributed by atoms with E-state index in [1.54, 1.807) is 47.5 Å². The topological polar surface area (TPSA) is 68.5 Å². The molecule has 0 unspecified atom stereocenters. The summed E-state index contributed by atoms with van der Waals surface area (Å²) < 4.78 is 5.52. The van der Waals surface area contributed by atoms with Gasteiger partial charge in [0.05, 0.1) is 24.6 Å². The molecule has 2 aromatic rings. The fraction of sp³-hybridized carbons (Fsp3) is 0.333. The van der Waals surface area contributed by atoms with Gasteiger partial charge in [0.1, 0.15) is 5.75 Å². The largest absolute Gasteiger partial charge is 0.493 e. The summed E-state index contributed by atoms with van der Waals surface area (Å²) in [5.74, 6) is 0.772. The number of benzene rings is 1. The molecule has 0 saturated carbocycles. The van der Waals surface area contributed by atoms with Gasteiger partial charge in [0.2, 0.25) is 5.91 Å². The van der Waals surface area contributed by atoms with Gasteiger partial charge in [-0.15, -0.1) is 11.3 Å². The lowest BCUT2D eigenvalue weighted by Crippen LogP contribution is -2.27. The molecule has 0 spiro atoms. The molecule has 21 heavy (non-hydrogen) atoms. The van der Waals surface area contributed by atoms with Crippen molar-refractivity contribution in [1.82, 2.24) is 9.88 Å². The maximum absolute atomic E-state index is 12.0. The summed E-state index contributed by atoms with van der Waals surface area (Å²) in [4.78, 5) is 19.0. The molecule has 0 saturated heterocycles. The summed E-state index contributed by atoms with van der Waals surface area (Å²) in [7, 11) is 1.79. The first-order valence-electron chi connectivity index (χ1n) is 6.68. The van der Waals surface area contributed by atoms with Gasteiger partial charge in [0, 0.05) is 23.8 Å². The Labute approximate surface area is 128 Å². The van der Waals surface area contributed by atoms with E-state index in [4.69, 9.17) is 10.5 Å². The summed E-state index contributed by atoms with van der Waals surface area (Å²) in [6, 6.07) is 7.14. The van der Waals surface area contributed by atoms with Crippen LogP contribution in [0.25, 0.3) is 0 Å². The number of aromatic nitrogens is 1. The number of hydrogen-bond donors (Lipinski definition) is 1. The van der Waals surface area contributed by atoms with Crippen LogP contribution in [0.1, 0.15) is 16.3 Å². The maximum Gasteiger partial charge on any atom is 0.226 e. The van der Waals surface area contributed by atoms with E-state index in [-0.39, 0.29) is 5.91 Å². The number of rotatable bonds is 6. The maximum atomic E-state index is 12.0. The highest BCUT2D eigenvalue weighted by atomic mass is 32.1. The van der Waals surface area contributed by atoms with Crippen LogP contribution >= 0.6 is 11.3 Å². The van der Waals surface area contributed by atoms with Gasteiger partial charge in [-0.2, -0.15) is 0 Å². The molecule has 0 bridgehead atoms. The van der Waals surface area contributed by atoms with Crippen LogP contribution in [0.5, 0.6) is 5.75 Å². The van der Waals surface area contributed by atoms with Gasteiger partial charge >= 0.3 is 0 Å². The Bertz CT molecular complexity index is 595. The van der Waals surface area contributed by atoms with Gasteiger partial charge in [-0.3, -0.25) is 4.79 Å². The molecule has 0 aliphatic rings. The number of nitrogen functional groups attached to an aromatic ring is 1. The smallest absolute Gasteiger partial charge is 0.226 e. The standard InChI is InChI=1S/C15H19N3O2S/c1-11-17-9-14(21-11)10-18(2)15(19)7-8-20-13-5-3-12(16)4-6-13/h3-6,9H,7-8,10,16H2,1-2H3. The van der Waals surface area contributed by atoms with E-state index in [2.05, 4.69) is 4.98 Å². The van der Waals surface area contributed by atoms with Crippen molar-refractivity contribution in [3.05, 3.63) is 40.3 Å². The number of nitrogens with zero attached hydrogens (tertiary/aromatic N) is 2. The van der Waals surface area contributed by atoms with Crippen molar-refractivity contribution in [2.45, 2.75) is 19.9 Å².